The Bertz CT molecular complexity index is 1360. The van der Waals surface area contributed by atoms with Gasteiger partial charge in [0.2, 0.25) is 5.91 Å². The lowest BCUT2D eigenvalue weighted by Crippen LogP contribution is -2.59. The molecule has 16 heteroatoms. The van der Waals surface area contributed by atoms with Crippen LogP contribution in [-0.4, -0.2) is 74.7 Å². The summed E-state index contributed by atoms with van der Waals surface area (Å²) in [6, 6.07) is 3.57. The van der Waals surface area contributed by atoms with E-state index in [1.807, 2.05) is 5.10 Å². The van der Waals surface area contributed by atoms with Gasteiger partial charge in [-0.1, -0.05) is 6.07 Å². The van der Waals surface area contributed by atoms with Crippen LogP contribution in [0.2, 0.25) is 0 Å². The Labute approximate surface area is 221 Å². The zero-order valence-corrected chi connectivity index (χ0v) is 20.8. The number of aromatic nitrogens is 2. The van der Waals surface area contributed by atoms with E-state index in [-0.39, 0.29) is 41.7 Å². The number of halogens is 7. The van der Waals surface area contributed by atoms with Crippen LogP contribution in [0.15, 0.2) is 23.0 Å². The number of H-pyrrole nitrogens is 1. The van der Waals surface area contributed by atoms with Crippen LogP contribution in [0.3, 0.4) is 0 Å². The van der Waals surface area contributed by atoms with E-state index in [4.69, 9.17) is 9.90 Å². The van der Waals surface area contributed by atoms with E-state index in [0.29, 0.717) is 18.7 Å². The van der Waals surface area contributed by atoms with Crippen LogP contribution in [-0.2, 0) is 22.2 Å². The van der Waals surface area contributed by atoms with E-state index in [1.54, 1.807) is 4.90 Å². The summed E-state index contributed by atoms with van der Waals surface area (Å²) in [5, 5.41) is 12.7. The number of hydrogen-bond acceptors (Lipinski definition) is 5. The molecule has 0 spiro atoms. The number of piperidine rings is 1. The van der Waals surface area contributed by atoms with Crippen molar-refractivity contribution < 1.29 is 50.2 Å². The molecule has 1 atom stereocenters. The highest BCUT2D eigenvalue weighted by Crippen LogP contribution is 2.30. The summed E-state index contributed by atoms with van der Waals surface area (Å²) >= 11 is 0. The summed E-state index contributed by atoms with van der Waals surface area (Å²) in [4.78, 5) is 49.1. The SMILES string of the molecule is Cc1c(Cc2ccc(F)c(C(=O)N3CC(=O)N4CCCC[C@H]4C3)c2)n[nH]c(=O)c1C(F)(F)F.O=C(O)C(F)(F)F. The highest BCUT2D eigenvalue weighted by Gasteiger charge is 2.39. The van der Waals surface area contributed by atoms with E-state index < -0.39 is 41.2 Å². The van der Waals surface area contributed by atoms with Crippen LogP contribution < -0.4 is 5.56 Å². The fourth-order valence-electron chi connectivity index (χ4n) is 4.54. The number of carboxylic acids is 1. The molecule has 0 unspecified atom stereocenters. The predicted octanol–water partition coefficient (Wildman–Crippen LogP) is 3.30. The minimum atomic E-state index is -5.08. The number of carboxylic acid groups (broad SMARTS) is 1. The molecule has 0 bridgehead atoms. The number of rotatable bonds is 3. The fraction of sp³-hybridized carbons (Fsp3) is 0.458. The first kappa shape index (κ1) is 30.6. The molecule has 0 aliphatic carbocycles. The van der Waals surface area contributed by atoms with Crippen LogP contribution in [0.1, 0.15) is 52.0 Å². The maximum absolute atomic E-state index is 14.5. The Morgan fingerprint density at radius 3 is 2.38 bits per heavy atom. The van der Waals surface area contributed by atoms with Crippen LogP contribution in [0.5, 0.6) is 0 Å². The number of hydrogen-bond donors (Lipinski definition) is 2. The summed E-state index contributed by atoms with van der Waals surface area (Å²) in [7, 11) is 0. The molecular formula is C24H23F7N4O5. The summed E-state index contributed by atoms with van der Waals surface area (Å²) in [6.07, 6.45) is -7.45. The van der Waals surface area contributed by atoms with Gasteiger partial charge in [0.15, 0.2) is 0 Å². The number of amides is 2. The molecule has 1 aromatic heterocycles. The Hall–Kier alpha value is -3.98. The number of carbonyl (C=O) groups is 3. The third-order valence-electron chi connectivity index (χ3n) is 6.48. The van der Waals surface area contributed by atoms with Crippen molar-refractivity contribution in [2.75, 3.05) is 19.6 Å². The number of aliphatic carboxylic acids is 1. The highest BCUT2D eigenvalue weighted by molar-refractivity contribution is 5.97. The molecule has 3 heterocycles. The summed E-state index contributed by atoms with van der Waals surface area (Å²) in [6.45, 7) is 1.96. The van der Waals surface area contributed by atoms with Gasteiger partial charge in [0.05, 0.1) is 11.3 Å². The third-order valence-corrected chi connectivity index (χ3v) is 6.48. The Balaban J connectivity index is 0.000000559. The maximum atomic E-state index is 14.5. The minimum absolute atomic E-state index is 0.0436. The van der Waals surface area contributed by atoms with Gasteiger partial charge in [-0.15, -0.1) is 0 Å². The van der Waals surface area contributed by atoms with Crippen molar-refractivity contribution in [3.8, 4) is 0 Å². The quantitative estimate of drug-likeness (QED) is 0.538. The molecule has 218 valence electrons. The number of benzene rings is 1. The number of alkyl halides is 6. The average Bonchev–Trinajstić information content (AvgIpc) is 2.85. The van der Waals surface area contributed by atoms with Crippen molar-refractivity contribution >= 4 is 17.8 Å². The van der Waals surface area contributed by atoms with Crippen molar-refractivity contribution in [3.63, 3.8) is 0 Å². The summed E-state index contributed by atoms with van der Waals surface area (Å²) in [5.41, 5.74) is -2.97. The second-order valence-electron chi connectivity index (χ2n) is 9.21. The first-order valence-corrected chi connectivity index (χ1v) is 11.8. The molecule has 1 aromatic carbocycles. The number of fused-ring (bicyclic) bond motifs is 1. The van der Waals surface area contributed by atoms with Crippen molar-refractivity contribution in [1.82, 2.24) is 20.0 Å². The molecule has 2 amide bonds. The third kappa shape index (κ3) is 6.96. The average molecular weight is 580 g/mol. The second-order valence-corrected chi connectivity index (χ2v) is 9.21. The largest absolute Gasteiger partial charge is 0.490 e. The van der Waals surface area contributed by atoms with Crippen molar-refractivity contribution in [3.05, 3.63) is 62.3 Å². The number of piperazine rings is 1. The molecule has 2 fully saturated rings. The van der Waals surface area contributed by atoms with Gasteiger partial charge in [-0.2, -0.15) is 31.4 Å². The molecule has 2 aliphatic rings. The zero-order chi connectivity index (χ0) is 30.0. The van der Waals surface area contributed by atoms with E-state index in [9.17, 15) is 45.1 Å². The van der Waals surface area contributed by atoms with Crippen molar-refractivity contribution in [2.45, 2.75) is 51.0 Å². The highest BCUT2D eigenvalue weighted by atomic mass is 19.4. The normalized spacial score (nSPS) is 17.6. The lowest BCUT2D eigenvalue weighted by atomic mass is 9.98. The lowest BCUT2D eigenvalue weighted by molar-refractivity contribution is -0.192. The molecular weight excluding hydrogens is 557 g/mol. The minimum Gasteiger partial charge on any atom is -0.475 e. The van der Waals surface area contributed by atoms with E-state index in [1.165, 1.54) is 17.0 Å². The lowest BCUT2D eigenvalue weighted by Gasteiger charge is -2.43. The van der Waals surface area contributed by atoms with E-state index in [0.717, 1.165) is 32.3 Å². The van der Waals surface area contributed by atoms with Crippen molar-refractivity contribution in [1.29, 1.82) is 0 Å². The second kappa shape index (κ2) is 11.6. The Kier molecular flexibility index (Phi) is 8.89. The molecule has 2 N–H and O–H groups in total. The first-order chi connectivity index (χ1) is 18.5. The first-order valence-electron chi connectivity index (χ1n) is 11.8. The van der Waals surface area contributed by atoms with Gasteiger partial charge in [0, 0.05) is 25.6 Å². The van der Waals surface area contributed by atoms with Gasteiger partial charge in [0.25, 0.3) is 11.5 Å². The number of nitrogens with zero attached hydrogens (tertiary/aromatic N) is 3. The van der Waals surface area contributed by atoms with E-state index >= 15 is 0 Å². The van der Waals surface area contributed by atoms with Gasteiger partial charge in [-0.25, -0.2) is 14.3 Å². The number of nitrogens with one attached hydrogen (secondary N) is 1. The Morgan fingerprint density at radius 2 is 1.77 bits per heavy atom. The molecule has 2 aliphatic heterocycles. The zero-order valence-electron chi connectivity index (χ0n) is 20.8. The van der Waals surface area contributed by atoms with Gasteiger partial charge >= 0.3 is 18.3 Å². The van der Waals surface area contributed by atoms with Crippen LogP contribution in [0.25, 0.3) is 0 Å². The summed E-state index contributed by atoms with van der Waals surface area (Å²) in [5.74, 6) is -4.37. The van der Waals surface area contributed by atoms with Crippen molar-refractivity contribution in [2.24, 2.45) is 0 Å². The number of carbonyl (C=O) groups excluding carboxylic acids is 2. The molecule has 9 nitrogen and oxygen atoms in total. The molecule has 2 saturated heterocycles. The van der Waals surface area contributed by atoms with Crippen LogP contribution in [0.4, 0.5) is 30.7 Å². The van der Waals surface area contributed by atoms with Gasteiger partial charge in [-0.3, -0.25) is 14.4 Å². The monoisotopic (exact) mass is 580 g/mol. The van der Waals surface area contributed by atoms with Gasteiger partial charge < -0.3 is 14.9 Å². The molecule has 0 radical (unpaired) electrons. The molecule has 4 rings (SSSR count). The molecule has 0 saturated carbocycles. The van der Waals surface area contributed by atoms with Gasteiger partial charge in [0.1, 0.15) is 17.9 Å². The topological polar surface area (TPSA) is 124 Å². The fourth-order valence-corrected chi connectivity index (χ4v) is 4.54. The standard InChI is InChI=1S/C22H22F4N4O3.C2HF3O2/c1-12-17(27-28-20(32)19(12)22(24,25)26)9-13-5-6-16(23)15(8-13)21(33)29-10-14-4-2-3-7-30(14)18(31)11-29;3-2(4,5)1(6)7/h5-6,8,14H,2-4,7,9-11H2,1H3,(H,28,32);(H,6,7)/t14-;/m0./s1. The maximum Gasteiger partial charge on any atom is 0.490 e. The van der Waals surface area contributed by atoms with Crippen LogP contribution in [0, 0.1) is 12.7 Å². The van der Waals surface area contributed by atoms with E-state index in [2.05, 4.69) is 5.10 Å². The van der Waals surface area contributed by atoms with Gasteiger partial charge in [-0.05, 0) is 49.4 Å². The smallest absolute Gasteiger partial charge is 0.475 e. The predicted molar refractivity (Wildman–Crippen MR) is 123 cm³/mol. The van der Waals surface area contributed by atoms with Crippen LogP contribution >= 0.6 is 0 Å². The number of aromatic amines is 1. The molecule has 2 aromatic rings. The summed E-state index contributed by atoms with van der Waals surface area (Å²) < 4.78 is 86.0. The Morgan fingerprint density at radius 1 is 1.12 bits per heavy atom. The molecule has 40 heavy (non-hydrogen) atoms.